The number of ether oxygens (including phenoxy) is 1. The molecule has 3 aromatic heterocycles. The molecular formula is C23H19N3O2. The van der Waals surface area contributed by atoms with Crippen molar-refractivity contribution in [1.82, 2.24) is 14.2 Å². The molecule has 0 aliphatic rings. The van der Waals surface area contributed by atoms with E-state index in [1.807, 2.05) is 40.9 Å². The standard InChI is InChI=1S/C23H19N3O2/c1-25-21-14-20(16-6-4-3-5-7-16)24-26(21)23(18-12-13-28-15-18)22(25)17-8-10-19(27-2)11-9-17/h3-15H,1-2H3. The second kappa shape index (κ2) is 6.46. The van der Waals surface area contributed by atoms with Crippen LogP contribution >= 0.6 is 0 Å². The lowest BCUT2D eigenvalue weighted by atomic mass is 10.1. The predicted octanol–water partition coefficient (Wildman–Crippen LogP) is 5.28. The highest BCUT2D eigenvalue weighted by atomic mass is 16.5. The van der Waals surface area contributed by atoms with Crippen molar-refractivity contribution in [1.29, 1.82) is 0 Å². The molecule has 0 saturated heterocycles. The molecular weight excluding hydrogens is 350 g/mol. The summed E-state index contributed by atoms with van der Waals surface area (Å²) in [5.41, 5.74) is 7.20. The first-order chi connectivity index (χ1) is 13.8. The number of methoxy groups -OCH3 is 1. The van der Waals surface area contributed by atoms with Gasteiger partial charge in [-0.2, -0.15) is 5.10 Å². The lowest BCUT2D eigenvalue weighted by Gasteiger charge is -2.08. The van der Waals surface area contributed by atoms with Crippen LogP contribution in [0.1, 0.15) is 0 Å². The molecule has 0 saturated carbocycles. The zero-order valence-corrected chi connectivity index (χ0v) is 15.7. The smallest absolute Gasteiger partial charge is 0.137 e. The Morgan fingerprint density at radius 1 is 0.857 bits per heavy atom. The van der Waals surface area contributed by atoms with Gasteiger partial charge in [0.05, 0.1) is 31.0 Å². The van der Waals surface area contributed by atoms with E-state index >= 15 is 0 Å². The SMILES string of the molecule is COc1ccc(-c2c(-c3ccoc3)n3nc(-c4ccccc4)cc3n2C)cc1. The Morgan fingerprint density at radius 2 is 1.64 bits per heavy atom. The van der Waals surface area contributed by atoms with Crippen LogP contribution in [0.3, 0.4) is 0 Å². The second-order valence-electron chi connectivity index (χ2n) is 6.66. The van der Waals surface area contributed by atoms with Gasteiger partial charge in [0.25, 0.3) is 0 Å². The van der Waals surface area contributed by atoms with E-state index < -0.39 is 0 Å². The van der Waals surface area contributed by atoms with Crippen LogP contribution in [0.25, 0.3) is 39.4 Å². The summed E-state index contributed by atoms with van der Waals surface area (Å²) in [5, 5.41) is 4.91. The molecule has 138 valence electrons. The molecule has 2 aromatic carbocycles. The average Bonchev–Trinajstić information content (AvgIpc) is 3.47. The van der Waals surface area contributed by atoms with Crippen molar-refractivity contribution in [2.45, 2.75) is 0 Å². The van der Waals surface area contributed by atoms with Gasteiger partial charge in [0.2, 0.25) is 0 Å². The van der Waals surface area contributed by atoms with Gasteiger partial charge in [-0.3, -0.25) is 0 Å². The fourth-order valence-corrected chi connectivity index (χ4v) is 3.64. The number of rotatable bonds is 4. The molecule has 5 rings (SSSR count). The fourth-order valence-electron chi connectivity index (χ4n) is 3.64. The fraction of sp³-hybridized carbons (Fsp3) is 0.0870. The summed E-state index contributed by atoms with van der Waals surface area (Å²) in [7, 11) is 3.74. The van der Waals surface area contributed by atoms with Gasteiger partial charge in [-0.25, -0.2) is 4.52 Å². The Morgan fingerprint density at radius 3 is 2.32 bits per heavy atom. The summed E-state index contributed by atoms with van der Waals surface area (Å²) >= 11 is 0. The van der Waals surface area contributed by atoms with Crippen molar-refractivity contribution in [3.63, 3.8) is 0 Å². The van der Waals surface area contributed by atoms with Gasteiger partial charge < -0.3 is 13.7 Å². The minimum Gasteiger partial charge on any atom is -0.497 e. The Balaban J connectivity index is 1.77. The summed E-state index contributed by atoms with van der Waals surface area (Å²) < 4.78 is 14.8. The molecule has 5 aromatic rings. The van der Waals surface area contributed by atoms with E-state index in [1.165, 1.54) is 0 Å². The highest BCUT2D eigenvalue weighted by Crippen LogP contribution is 2.36. The molecule has 3 heterocycles. The van der Waals surface area contributed by atoms with Crippen LogP contribution in [0.2, 0.25) is 0 Å². The second-order valence-corrected chi connectivity index (χ2v) is 6.66. The molecule has 5 heteroatoms. The van der Waals surface area contributed by atoms with E-state index in [2.05, 4.69) is 41.9 Å². The zero-order chi connectivity index (χ0) is 19.1. The van der Waals surface area contributed by atoms with Crippen molar-refractivity contribution >= 4 is 5.65 Å². The third-order valence-corrected chi connectivity index (χ3v) is 5.03. The number of fused-ring (bicyclic) bond motifs is 1. The van der Waals surface area contributed by atoms with Gasteiger partial charge in [-0.05, 0) is 30.3 Å². The van der Waals surface area contributed by atoms with Crippen LogP contribution in [0.5, 0.6) is 5.75 Å². The number of benzene rings is 2. The molecule has 0 N–H and O–H groups in total. The number of aromatic nitrogens is 3. The number of nitrogens with zero attached hydrogens (tertiary/aromatic N) is 3. The van der Waals surface area contributed by atoms with Crippen LogP contribution in [-0.4, -0.2) is 21.3 Å². The highest BCUT2D eigenvalue weighted by molar-refractivity contribution is 5.83. The number of hydrogen-bond acceptors (Lipinski definition) is 3. The Kier molecular flexibility index (Phi) is 3.79. The predicted molar refractivity (Wildman–Crippen MR) is 109 cm³/mol. The summed E-state index contributed by atoms with van der Waals surface area (Å²) in [5.74, 6) is 0.832. The first kappa shape index (κ1) is 16.4. The minimum atomic E-state index is 0.832. The molecule has 0 unspecified atom stereocenters. The summed E-state index contributed by atoms with van der Waals surface area (Å²) in [6.45, 7) is 0. The van der Waals surface area contributed by atoms with Crippen LogP contribution in [0.4, 0.5) is 0 Å². The summed E-state index contributed by atoms with van der Waals surface area (Å²) in [4.78, 5) is 0. The van der Waals surface area contributed by atoms with E-state index in [1.54, 1.807) is 19.6 Å². The first-order valence-electron chi connectivity index (χ1n) is 9.07. The first-order valence-corrected chi connectivity index (χ1v) is 9.07. The minimum absolute atomic E-state index is 0.832. The lowest BCUT2D eigenvalue weighted by molar-refractivity contribution is 0.415. The van der Waals surface area contributed by atoms with Crippen molar-refractivity contribution in [2.75, 3.05) is 7.11 Å². The molecule has 0 aliphatic heterocycles. The van der Waals surface area contributed by atoms with Crippen molar-refractivity contribution < 1.29 is 9.15 Å². The molecule has 0 amide bonds. The van der Waals surface area contributed by atoms with Crippen molar-refractivity contribution in [3.8, 4) is 39.5 Å². The summed E-state index contributed by atoms with van der Waals surface area (Å²) in [6, 6.07) is 22.4. The Hall–Kier alpha value is -3.73. The van der Waals surface area contributed by atoms with Gasteiger partial charge in [0.15, 0.2) is 0 Å². The monoisotopic (exact) mass is 369 g/mol. The highest BCUT2D eigenvalue weighted by Gasteiger charge is 2.21. The maximum atomic E-state index is 5.38. The van der Waals surface area contributed by atoms with Crippen LogP contribution in [0, 0.1) is 0 Å². The normalized spacial score (nSPS) is 11.2. The van der Waals surface area contributed by atoms with Crippen molar-refractivity contribution in [2.24, 2.45) is 7.05 Å². The zero-order valence-electron chi connectivity index (χ0n) is 15.7. The third kappa shape index (κ3) is 2.52. The van der Waals surface area contributed by atoms with Gasteiger partial charge in [-0.1, -0.05) is 30.3 Å². The largest absolute Gasteiger partial charge is 0.497 e. The van der Waals surface area contributed by atoms with Crippen LogP contribution in [-0.2, 0) is 7.05 Å². The van der Waals surface area contributed by atoms with Gasteiger partial charge in [-0.15, -0.1) is 0 Å². The van der Waals surface area contributed by atoms with Gasteiger partial charge in [0.1, 0.15) is 17.1 Å². The Labute approximate surface area is 162 Å². The molecule has 0 bridgehead atoms. The van der Waals surface area contributed by atoms with Crippen LogP contribution < -0.4 is 4.74 Å². The lowest BCUT2D eigenvalue weighted by Crippen LogP contribution is -1.93. The van der Waals surface area contributed by atoms with Crippen LogP contribution in [0.15, 0.2) is 83.7 Å². The Bertz CT molecular complexity index is 1230. The third-order valence-electron chi connectivity index (χ3n) is 5.03. The molecule has 0 fully saturated rings. The number of furan rings is 1. The maximum absolute atomic E-state index is 5.38. The molecule has 0 atom stereocenters. The van der Waals surface area contributed by atoms with Gasteiger partial charge >= 0.3 is 0 Å². The summed E-state index contributed by atoms with van der Waals surface area (Å²) in [6.07, 6.45) is 3.44. The molecule has 0 spiro atoms. The number of hydrogen-bond donors (Lipinski definition) is 0. The van der Waals surface area contributed by atoms with E-state index in [-0.39, 0.29) is 0 Å². The topological polar surface area (TPSA) is 44.6 Å². The average molecular weight is 369 g/mol. The quantitative estimate of drug-likeness (QED) is 0.433. The molecule has 0 aliphatic carbocycles. The number of aryl methyl sites for hydroxylation is 1. The number of imidazole rings is 1. The maximum Gasteiger partial charge on any atom is 0.137 e. The molecule has 5 nitrogen and oxygen atoms in total. The van der Waals surface area contributed by atoms with E-state index in [0.717, 1.165) is 45.2 Å². The van der Waals surface area contributed by atoms with Gasteiger partial charge in [0, 0.05) is 29.8 Å². The van der Waals surface area contributed by atoms with E-state index in [4.69, 9.17) is 14.3 Å². The van der Waals surface area contributed by atoms with E-state index in [9.17, 15) is 0 Å². The van der Waals surface area contributed by atoms with E-state index in [0.29, 0.717) is 0 Å². The molecule has 0 radical (unpaired) electrons. The van der Waals surface area contributed by atoms with Crippen molar-refractivity contribution in [3.05, 3.63) is 79.3 Å². The molecule has 28 heavy (non-hydrogen) atoms.